The molecule has 0 bridgehead atoms. The van der Waals surface area contributed by atoms with E-state index in [1.807, 2.05) is 0 Å². The van der Waals surface area contributed by atoms with Crippen molar-refractivity contribution >= 4 is 5.91 Å². The highest BCUT2D eigenvalue weighted by atomic mass is 16.5. The first-order chi connectivity index (χ1) is 6.25. The molecule has 0 aromatic heterocycles. The first kappa shape index (κ1) is 10.5. The van der Waals surface area contributed by atoms with Crippen molar-refractivity contribution in [2.75, 3.05) is 26.8 Å². The number of hydrogen-bond donors (Lipinski definition) is 1. The van der Waals surface area contributed by atoms with Crippen molar-refractivity contribution in [3.05, 3.63) is 0 Å². The van der Waals surface area contributed by atoms with Gasteiger partial charge in [-0.2, -0.15) is 0 Å². The van der Waals surface area contributed by atoms with Gasteiger partial charge in [0, 0.05) is 20.2 Å². The summed E-state index contributed by atoms with van der Waals surface area (Å²) in [5, 5.41) is 0. The molecule has 2 N–H and O–H groups in total. The number of amides is 1. The summed E-state index contributed by atoms with van der Waals surface area (Å²) in [5.74, 6) is 0.0783. The molecule has 1 aliphatic heterocycles. The van der Waals surface area contributed by atoms with Crippen LogP contribution in [0, 0.1) is 0 Å². The number of likely N-dealkylation sites (tertiary alicyclic amines) is 1. The van der Waals surface area contributed by atoms with E-state index in [4.69, 9.17) is 10.5 Å². The van der Waals surface area contributed by atoms with Crippen molar-refractivity contribution in [2.24, 2.45) is 5.73 Å². The Bertz CT molecular complexity index is 173. The van der Waals surface area contributed by atoms with Crippen LogP contribution in [0.15, 0.2) is 0 Å². The van der Waals surface area contributed by atoms with Crippen LogP contribution in [0.1, 0.15) is 19.3 Å². The number of rotatable bonds is 3. The number of methoxy groups -OCH3 is 1. The van der Waals surface area contributed by atoms with E-state index in [2.05, 4.69) is 0 Å². The molecule has 1 unspecified atom stereocenters. The summed E-state index contributed by atoms with van der Waals surface area (Å²) < 4.78 is 4.93. The van der Waals surface area contributed by atoms with E-state index in [0.717, 1.165) is 25.8 Å². The van der Waals surface area contributed by atoms with Gasteiger partial charge in [0.2, 0.25) is 5.91 Å². The maximum atomic E-state index is 11.6. The number of nitrogens with zero attached hydrogens (tertiary/aromatic N) is 1. The summed E-state index contributed by atoms with van der Waals surface area (Å²) in [4.78, 5) is 13.4. The molecular formula is C9H18N2O2. The fourth-order valence-corrected chi connectivity index (χ4v) is 1.56. The van der Waals surface area contributed by atoms with E-state index in [0.29, 0.717) is 13.2 Å². The van der Waals surface area contributed by atoms with Crippen LogP contribution in [0.5, 0.6) is 0 Å². The van der Waals surface area contributed by atoms with Gasteiger partial charge in [0.25, 0.3) is 0 Å². The largest absolute Gasteiger partial charge is 0.383 e. The summed E-state index contributed by atoms with van der Waals surface area (Å²) in [6, 6.07) is -0.292. The molecule has 1 heterocycles. The molecule has 4 nitrogen and oxygen atoms in total. The van der Waals surface area contributed by atoms with E-state index >= 15 is 0 Å². The van der Waals surface area contributed by atoms with Crippen LogP contribution in [-0.4, -0.2) is 43.7 Å². The summed E-state index contributed by atoms with van der Waals surface area (Å²) >= 11 is 0. The number of nitrogens with two attached hydrogens (primary N) is 1. The molecule has 4 heteroatoms. The first-order valence-corrected chi connectivity index (χ1v) is 4.79. The normalized spacial score (nSPS) is 24.6. The zero-order chi connectivity index (χ0) is 9.68. The molecule has 1 atom stereocenters. The summed E-state index contributed by atoms with van der Waals surface area (Å²) in [6.07, 6.45) is 2.93. The van der Waals surface area contributed by atoms with Gasteiger partial charge in [-0.05, 0) is 19.3 Å². The van der Waals surface area contributed by atoms with E-state index in [1.165, 1.54) is 0 Å². The Morgan fingerprint density at radius 2 is 2.38 bits per heavy atom. The average molecular weight is 186 g/mol. The standard InChI is InChI=1S/C9H18N2O2/c1-13-7-6-11-5-3-2-4-8(10)9(11)12/h8H,2-7,10H2,1H3. The molecule has 76 valence electrons. The van der Waals surface area contributed by atoms with Gasteiger partial charge in [-0.3, -0.25) is 4.79 Å². The van der Waals surface area contributed by atoms with Crippen LogP contribution in [0.2, 0.25) is 0 Å². The van der Waals surface area contributed by atoms with Crippen molar-refractivity contribution in [3.63, 3.8) is 0 Å². The minimum Gasteiger partial charge on any atom is -0.383 e. The summed E-state index contributed by atoms with van der Waals surface area (Å²) in [6.45, 7) is 2.09. The average Bonchev–Trinajstić information content (AvgIpc) is 2.28. The SMILES string of the molecule is COCCN1CCCCC(N)C1=O. The third kappa shape index (κ3) is 2.97. The Hall–Kier alpha value is -0.610. The summed E-state index contributed by atoms with van der Waals surface area (Å²) in [7, 11) is 1.64. The van der Waals surface area contributed by atoms with Crippen LogP contribution in [0.25, 0.3) is 0 Å². The van der Waals surface area contributed by atoms with Crippen molar-refractivity contribution in [1.82, 2.24) is 4.90 Å². The van der Waals surface area contributed by atoms with E-state index < -0.39 is 0 Å². The molecule has 0 saturated carbocycles. The molecule has 1 fully saturated rings. The van der Waals surface area contributed by atoms with Gasteiger partial charge >= 0.3 is 0 Å². The lowest BCUT2D eigenvalue weighted by atomic mass is 10.1. The van der Waals surface area contributed by atoms with Crippen molar-refractivity contribution < 1.29 is 9.53 Å². The van der Waals surface area contributed by atoms with Gasteiger partial charge in [0.05, 0.1) is 12.6 Å². The topological polar surface area (TPSA) is 55.6 Å². The van der Waals surface area contributed by atoms with Crippen LogP contribution in [-0.2, 0) is 9.53 Å². The Labute approximate surface area is 79.0 Å². The smallest absolute Gasteiger partial charge is 0.239 e. The van der Waals surface area contributed by atoms with Crippen molar-refractivity contribution in [1.29, 1.82) is 0 Å². The molecule has 0 aliphatic carbocycles. The van der Waals surface area contributed by atoms with Crippen LogP contribution in [0.3, 0.4) is 0 Å². The Morgan fingerprint density at radius 1 is 1.62 bits per heavy atom. The van der Waals surface area contributed by atoms with Gasteiger partial charge in [0.1, 0.15) is 0 Å². The second-order valence-corrected chi connectivity index (χ2v) is 3.42. The quantitative estimate of drug-likeness (QED) is 0.673. The second-order valence-electron chi connectivity index (χ2n) is 3.42. The molecule has 13 heavy (non-hydrogen) atoms. The van der Waals surface area contributed by atoms with Gasteiger partial charge in [0.15, 0.2) is 0 Å². The number of ether oxygens (including phenoxy) is 1. The maximum absolute atomic E-state index is 11.6. The van der Waals surface area contributed by atoms with E-state index in [-0.39, 0.29) is 11.9 Å². The second kappa shape index (κ2) is 5.19. The number of carbonyl (C=O) groups excluding carboxylic acids is 1. The molecular weight excluding hydrogens is 168 g/mol. The Balaban J connectivity index is 2.44. The van der Waals surface area contributed by atoms with Gasteiger partial charge < -0.3 is 15.4 Å². The fourth-order valence-electron chi connectivity index (χ4n) is 1.56. The minimum absolute atomic E-state index is 0.0783. The molecule has 1 rings (SSSR count). The monoisotopic (exact) mass is 186 g/mol. The highest BCUT2D eigenvalue weighted by Crippen LogP contribution is 2.09. The molecule has 0 radical (unpaired) electrons. The van der Waals surface area contributed by atoms with E-state index in [1.54, 1.807) is 12.0 Å². The summed E-state index contributed by atoms with van der Waals surface area (Å²) in [5.41, 5.74) is 5.71. The molecule has 1 amide bonds. The van der Waals surface area contributed by atoms with Gasteiger partial charge in [-0.1, -0.05) is 0 Å². The van der Waals surface area contributed by atoms with Crippen molar-refractivity contribution in [2.45, 2.75) is 25.3 Å². The van der Waals surface area contributed by atoms with Crippen LogP contribution in [0.4, 0.5) is 0 Å². The molecule has 0 spiro atoms. The third-order valence-electron chi connectivity index (χ3n) is 2.39. The molecule has 1 aliphatic rings. The number of hydrogen-bond acceptors (Lipinski definition) is 3. The molecule has 1 saturated heterocycles. The lowest BCUT2D eigenvalue weighted by molar-refractivity contribution is -0.132. The zero-order valence-corrected chi connectivity index (χ0v) is 8.16. The third-order valence-corrected chi connectivity index (χ3v) is 2.39. The number of carbonyl (C=O) groups is 1. The Morgan fingerprint density at radius 3 is 3.08 bits per heavy atom. The van der Waals surface area contributed by atoms with Crippen molar-refractivity contribution in [3.8, 4) is 0 Å². The first-order valence-electron chi connectivity index (χ1n) is 4.79. The molecule has 0 aromatic rings. The highest BCUT2D eigenvalue weighted by molar-refractivity contribution is 5.81. The predicted octanol–water partition coefficient (Wildman–Crippen LogP) is -0.0274. The molecule has 0 aromatic carbocycles. The van der Waals surface area contributed by atoms with Crippen LogP contribution < -0.4 is 5.73 Å². The minimum atomic E-state index is -0.292. The predicted molar refractivity (Wildman–Crippen MR) is 50.3 cm³/mol. The highest BCUT2D eigenvalue weighted by Gasteiger charge is 2.22. The Kier molecular flexibility index (Phi) is 4.18. The van der Waals surface area contributed by atoms with Crippen LogP contribution >= 0.6 is 0 Å². The zero-order valence-electron chi connectivity index (χ0n) is 8.16. The van der Waals surface area contributed by atoms with E-state index in [9.17, 15) is 4.79 Å². The maximum Gasteiger partial charge on any atom is 0.239 e. The lowest BCUT2D eigenvalue weighted by Crippen LogP contribution is -2.43. The fraction of sp³-hybridized carbons (Fsp3) is 0.889. The van der Waals surface area contributed by atoms with Gasteiger partial charge in [-0.15, -0.1) is 0 Å². The van der Waals surface area contributed by atoms with Gasteiger partial charge in [-0.25, -0.2) is 0 Å². The lowest BCUT2D eigenvalue weighted by Gasteiger charge is -2.21.